The predicted octanol–water partition coefficient (Wildman–Crippen LogP) is 22.6. The van der Waals surface area contributed by atoms with Crippen LogP contribution in [0.25, 0.3) is 0 Å². The van der Waals surface area contributed by atoms with Gasteiger partial charge < -0.3 is 33.8 Å². The van der Waals surface area contributed by atoms with E-state index in [1.807, 2.05) is 0 Å². The van der Waals surface area contributed by atoms with Gasteiger partial charge in [-0.3, -0.25) is 37.3 Å². The molecule has 0 radical (unpaired) electrons. The van der Waals surface area contributed by atoms with E-state index in [0.29, 0.717) is 25.7 Å². The standard InChI is InChI=1S/C77H150O17P2/c1-8-10-11-12-13-14-15-16-17-18-19-20-23-30-39-46-53-60-76(81)93-72(64-87-74(79)58-51-44-37-29-24-21-22-27-34-41-48-55-68(3)4)66-91-95(83,84)89-62-71(78)63-90-96(85,86)92-67-73(65-88-75(80)59-52-45-38-33-32-35-42-49-56-69(5)6)94-77(82)61-54-47-40-31-26-25-28-36-43-50-57-70(7)9-2/h68-73,78H,8-67H2,1-7H3,(H,83,84)(H,85,86)/t70?,71-,72-,73-/m1/s1. The van der Waals surface area contributed by atoms with Crippen LogP contribution in [0.2, 0.25) is 0 Å². The summed E-state index contributed by atoms with van der Waals surface area (Å²) < 4.78 is 68.6. The van der Waals surface area contributed by atoms with Gasteiger partial charge in [0.25, 0.3) is 0 Å². The van der Waals surface area contributed by atoms with E-state index in [2.05, 4.69) is 48.5 Å². The van der Waals surface area contributed by atoms with Crippen molar-refractivity contribution in [1.82, 2.24) is 0 Å². The topological polar surface area (TPSA) is 237 Å². The van der Waals surface area contributed by atoms with Crippen molar-refractivity contribution in [3.63, 3.8) is 0 Å². The van der Waals surface area contributed by atoms with Crippen molar-refractivity contribution in [3.05, 3.63) is 0 Å². The Labute approximate surface area is 588 Å². The highest BCUT2D eigenvalue weighted by atomic mass is 31.2. The Balaban J connectivity index is 5.27. The number of ether oxygens (including phenoxy) is 4. The Hall–Kier alpha value is -1.94. The number of aliphatic hydroxyl groups is 1. The molecule has 0 heterocycles. The Morgan fingerprint density at radius 3 is 0.792 bits per heavy atom. The first-order valence-corrected chi connectivity index (χ1v) is 42.9. The zero-order chi connectivity index (χ0) is 70.9. The highest BCUT2D eigenvalue weighted by Gasteiger charge is 2.30. The molecule has 3 N–H and O–H groups in total. The molecule has 3 unspecified atom stereocenters. The fourth-order valence-electron chi connectivity index (χ4n) is 11.7. The normalized spacial score (nSPS) is 14.3. The molecule has 0 bridgehead atoms. The summed E-state index contributed by atoms with van der Waals surface area (Å²) in [5, 5.41) is 10.6. The van der Waals surface area contributed by atoms with Gasteiger partial charge in [-0.05, 0) is 43.4 Å². The highest BCUT2D eigenvalue weighted by molar-refractivity contribution is 7.47. The summed E-state index contributed by atoms with van der Waals surface area (Å²) in [5.74, 6) is 0.184. The van der Waals surface area contributed by atoms with E-state index in [1.54, 1.807) is 0 Å². The van der Waals surface area contributed by atoms with E-state index in [4.69, 9.17) is 37.0 Å². The molecule has 0 aromatic rings. The maximum Gasteiger partial charge on any atom is 0.472 e. The second-order valence-corrected chi connectivity index (χ2v) is 31.8. The molecule has 0 fully saturated rings. The molecule has 0 saturated heterocycles. The lowest BCUT2D eigenvalue weighted by Crippen LogP contribution is -2.30. The average molecular weight is 1410 g/mol. The molecular weight excluding hydrogens is 1260 g/mol. The minimum Gasteiger partial charge on any atom is -0.462 e. The first kappa shape index (κ1) is 94.1. The van der Waals surface area contributed by atoms with Gasteiger partial charge in [0.2, 0.25) is 0 Å². The van der Waals surface area contributed by atoms with Gasteiger partial charge in [-0.25, -0.2) is 9.13 Å². The summed E-state index contributed by atoms with van der Waals surface area (Å²) in [6.45, 7) is 11.9. The Morgan fingerprint density at radius 2 is 0.531 bits per heavy atom. The van der Waals surface area contributed by atoms with Gasteiger partial charge in [0.1, 0.15) is 19.3 Å². The summed E-state index contributed by atoms with van der Waals surface area (Å²) in [6.07, 6.45) is 54.0. The molecule has 0 aromatic heterocycles. The zero-order valence-electron chi connectivity index (χ0n) is 62.8. The molecule has 6 atom stereocenters. The fourth-order valence-corrected chi connectivity index (χ4v) is 13.3. The summed E-state index contributed by atoms with van der Waals surface area (Å²) in [7, 11) is -9.92. The monoisotopic (exact) mass is 1410 g/mol. The van der Waals surface area contributed by atoms with Crippen LogP contribution in [0.15, 0.2) is 0 Å². The molecule has 0 amide bonds. The molecule has 570 valence electrons. The van der Waals surface area contributed by atoms with Crippen LogP contribution >= 0.6 is 15.6 Å². The number of carbonyl (C=O) groups is 4. The summed E-state index contributed by atoms with van der Waals surface area (Å²) in [5.41, 5.74) is 0. The molecule has 0 aliphatic heterocycles. The number of hydrogen-bond donors (Lipinski definition) is 3. The van der Waals surface area contributed by atoms with E-state index in [-0.39, 0.29) is 25.7 Å². The van der Waals surface area contributed by atoms with Crippen LogP contribution in [0.5, 0.6) is 0 Å². The van der Waals surface area contributed by atoms with Gasteiger partial charge in [0.15, 0.2) is 12.2 Å². The highest BCUT2D eigenvalue weighted by Crippen LogP contribution is 2.45. The van der Waals surface area contributed by atoms with E-state index in [9.17, 15) is 43.2 Å². The molecule has 0 rings (SSSR count). The molecule has 0 spiro atoms. The van der Waals surface area contributed by atoms with Gasteiger partial charge >= 0.3 is 39.5 Å². The maximum absolute atomic E-state index is 13.1. The van der Waals surface area contributed by atoms with Gasteiger partial charge in [-0.15, -0.1) is 0 Å². The van der Waals surface area contributed by atoms with E-state index in [1.165, 1.54) is 205 Å². The van der Waals surface area contributed by atoms with Crippen molar-refractivity contribution in [1.29, 1.82) is 0 Å². The van der Waals surface area contributed by atoms with Crippen molar-refractivity contribution in [2.24, 2.45) is 17.8 Å². The van der Waals surface area contributed by atoms with Crippen LogP contribution in [-0.4, -0.2) is 96.7 Å². The summed E-state index contributed by atoms with van der Waals surface area (Å²) in [4.78, 5) is 72.9. The number of hydrogen-bond acceptors (Lipinski definition) is 15. The van der Waals surface area contributed by atoms with Crippen molar-refractivity contribution in [3.8, 4) is 0 Å². The number of phosphoric acid groups is 2. The number of rotatable bonds is 75. The number of aliphatic hydroxyl groups excluding tert-OH is 1. The van der Waals surface area contributed by atoms with Crippen LogP contribution in [0.3, 0.4) is 0 Å². The van der Waals surface area contributed by atoms with E-state index >= 15 is 0 Å². The second kappa shape index (κ2) is 67.5. The van der Waals surface area contributed by atoms with Crippen LogP contribution in [0.1, 0.15) is 395 Å². The van der Waals surface area contributed by atoms with Crippen molar-refractivity contribution < 1.29 is 80.2 Å². The van der Waals surface area contributed by atoms with Crippen LogP contribution in [0.4, 0.5) is 0 Å². The lowest BCUT2D eigenvalue weighted by molar-refractivity contribution is -0.161. The van der Waals surface area contributed by atoms with Crippen LogP contribution in [-0.2, 0) is 65.4 Å². The van der Waals surface area contributed by atoms with Crippen LogP contribution in [0, 0.1) is 17.8 Å². The van der Waals surface area contributed by atoms with Crippen LogP contribution < -0.4 is 0 Å². The Bertz CT molecular complexity index is 1870. The summed E-state index contributed by atoms with van der Waals surface area (Å²) >= 11 is 0. The minimum atomic E-state index is -4.96. The Kier molecular flexibility index (Phi) is 66.2. The molecule has 0 aliphatic carbocycles. The van der Waals surface area contributed by atoms with Gasteiger partial charge in [0, 0.05) is 25.7 Å². The zero-order valence-corrected chi connectivity index (χ0v) is 64.6. The second-order valence-electron chi connectivity index (χ2n) is 28.9. The SMILES string of the molecule is CCCCCCCCCCCCCCCCCCCC(=O)O[C@H](COC(=O)CCCCCCCCCCCCCC(C)C)COP(=O)(O)OC[C@@H](O)COP(=O)(O)OC[C@@H](COC(=O)CCCCCCCCCCC(C)C)OC(=O)CCCCCCCCCCCCC(C)CC. The Morgan fingerprint density at radius 1 is 0.302 bits per heavy atom. The third-order valence-corrected chi connectivity index (χ3v) is 20.1. The fraction of sp³-hybridized carbons (Fsp3) is 0.948. The first-order chi connectivity index (χ1) is 46.3. The smallest absolute Gasteiger partial charge is 0.462 e. The number of unbranched alkanes of at least 4 members (excludes halogenated alkanes) is 42. The summed E-state index contributed by atoms with van der Waals surface area (Å²) in [6, 6.07) is 0. The minimum absolute atomic E-state index is 0.106. The third-order valence-electron chi connectivity index (χ3n) is 18.2. The molecule has 0 saturated carbocycles. The molecule has 0 aliphatic rings. The first-order valence-electron chi connectivity index (χ1n) is 39.9. The predicted molar refractivity (Wildman–Crippen MR) is 391 cm³/mol. The van der Waals surface area contributed by atoms with Crippen molar-refractivity contribution in [2.75, 3.05) is 39.6 Å². The largest absolute Gasteiger partial charge is 0.472 e. The number of carbonyl (C=O) groups excluding carboxylic acids is 4. The molecule has 0 aromatic carbocycles. The van der Waals surface area contributed by atoms with Crippen molar-refractivity contribution >= 4 is 39.5 Å². The molecular formula is C77H150O17P2. The molecule has 17 nitrogen and oxygen atoms in total. The number of esters is 4. The number of phosphoric ester groups is 2. The average Bonchev–Trinajstić information content (AvgIpc) is 1.52. The molecule has 96 heavy (non-hydrogen) atoms. The van der Waals surface area contributed by atoms with Gasteiger partial charge in [-0.1, -0.05) is 344 Å². The van der Waals surface area contributed by atoms with Crippen molar-refractivity contribution in [2.45, 2.75) is 414 Å². The van der Waals surface area contributed by atoms with Gasteiger partial charge in [0.05, 0.1) is 26.4 Å². The lowest BCUT2D eigenvalue weighted by Gasteiger charge is -2.21. The molecule has 19 heteroatoms. The van der Waals surface area contributed by atoms with E-state index < -0.39 is 97.5 Å². The maximum atomic E-state index is 13.1. The lowest BCUT2D eigenvalue weighted by atomic mass is 9.99. The van der Waals surface area contributed by atoms with E-state index in [0.717, 1.165) is 108 Å². The van der Waals surface area contributed by atoms with Gasteiger partial charge in [-0.2, -0.15) is 0 Å². The quantitative estimate of drug-likeness (QED) is 0.0222. The third kappa shape index (κ3) is 69.2.